The number of hydrogen-bond donors (Lipinski definition) is 1. The molecule has 2 unspecified atom stereocenters. The standard InChI is InChI=1S/C21H16ClF6NO3S/c1-20(9-32-17-14(24)6-10(7-15(17)25)2-5-16(30)31)18(29-33-19(20)21(26,27)28)12-4-3-11(22)8-13(12)23/h3-4,6-8,19H,2,5,9H2,1H3,(H,30,31). The molecular weight excluding hydrogens is 496 g/mol. The summed E-state index contributed by atoms with van der Waals surface area (Å²) >= 11 is 5.89. The van der Waals surface area contributed by atoms with Crippen LogP contribution in [0.4, 0.5) is 26.3 Å². The van der Waals surface area contributed by atoms with Gasteiger partial charge in [0.05, 0.1) is 11.1 Å². The molecule has 0 aliphatic carbocycles. The van der Waals surface area contributed by atoms with Gasteiger partial charge in [0.1, 0.15) is 17.7 Å². The number of nitrogens with zero attached hydrogens (tertiary/aromatic N) is 1. The molecular formula is C21H16ClF6NO3S. The molecule has 0 saturated heterocycles. The van der Waals surface area contributed by atoms with Crippen molar-refractivity contribution >= 4 is 35.2 Å². The summed E-state index contributed by atoms with van der Waals surface area (Å²) in [4.78, 5) is 10.6. The molecule has 2 aromatic carbocycles. The second-order valence-electron chi connectivity index (χ2n) is 7.58. The van der Waals surface area contributed by atoms with Gasteiger partial charge in [0.25, 0.3) is 0 Å². The number of rotatable bonds is 7. The van der Waals surface area contributed by atoms with Crippen molar-refractivity contribution in [3.05, 3.63) is 63.9 Å². The number of carbonyl (C=O) groups is 1. The Morgan fingerprint density at radius 1 is 1.18 bits per heavy atom. The number of hydrogen-bond acceptors (Lipinski definition) is 4. The molecule has 0 amide bonds. The zero-order valence-electron chi connectivity index (χ0n) is 16.9. The van der Waals surface area contributed by atoms with Gasteiger partial charge in [-0.05, 0) is 61.2 Å². The Morgan fingerprint density at radius 2 is 1.82 bits per heavy atom. The van der Waals surface area contributed by atoms with Crippen LogP contribution in [0.15, 0.2) is 34.7 Å². The van der Waals surface area contributed by atoms with Crippen molar-refractivity contribution in [3.8, 4) is 5.75 Å². The summed E-state index contributed by atoms with van der Waals surface area (Å²) in [6, 6.07) is 5.07. The number of carboxylic acids is 1. The van der Waals surface area contributed by atoms with E-state index in [1.807, 2.05) is 0 Å². The quantitative estimate of drug-likeness (QED) is 0.353. The SMILES string of the molecule is CC1(COc2c(F)cc(CCC(=O)O)cc2F)C(c2ccc(Cl)cc2F)=NSC1C(F)(F)F. The van der Waals surface area contributed by atoms with Crippen LogP contribution in [0.25, 0.3) is 0 Å². The van der Waals surface area contributed by atoms with Crippen LogP contribution in [0.1, 0.15) is 24.5 Å². The van der Waals surface area contributed by atoms with Gasteiger partial charge in [0, 0.05) is 17.0 Å². The van der Waals surface area contributed by atoms with E-state index in [0.29, 0.717) is 0 Å². The zero-order valence-corrected chi connectivity index (χ0v) is 18.4. The maximum atomic E-state index is 14.5. The van der Waals surface area contributed by atoms with Crippen LogP contribution in [0, 0.1) is 22.9 Å². The van der Waals surface area contributed by atoms with E-state index >= 15 is 0 Å². The van der Waals surface area contributed by atoms with Crippen molar-refractivity contribution in [1.82, 2.24) is 0 Å². The summed E-state index contributed by atoms with van der Waals surface area (Å²) < 4.78 is 93.6. The number of halogens is 7. The number of carboxylic acid groups (broad SMARTS) is 1. The molecule has 3 rings (SSSR count). The molecule has 12 heteroatoms. The lowest BCUT2D eigenvalue weighted by atomic mass is 9.78. The number of aliphatic carboxylic acids is 1. The Kier molecular flexibility index (Phi) is 7.23. The van der Waals surface area contributed by atoms with Crippen molar-refractivity contribution in [2.75, 3.05) is 6.61 Å². The van der Waals surface area contributed by atoms with E-state index in [9.17, 15) is 31.1 Å². The van der Waals surface area contributed by atoms with Crippen LogP contribution < -0.4 is 4.74 Å². The second kappa shape index (κ2) is 9.46. The summed E-state index contributed by atoms with van der Waals surface area (Å²) in [7, 11) is 0. The number of ether oxygens (including phenoxy) is 1. The summed E-state index contributed by atoms with van der Waals surface area (Å²) in [5, 5.41) is 6.55. The minimum atomic E-state index is -4.78. The average molecular weight is 512 g/mol. The molecule has 2 aromatic rings. The normalized spacial score (nSPS) is 20.6. The third-order valence-electron chi connectivity index (χ3n) is 5.05. The fourth-order valence-electron chi connectivity index (χ4n) is 3.42. The topological polar surface area (TPSA) is 58.9 Å². The van der Waals surface area contributed by atoms with Crippen LogP contribution in [-0.4, -0.2) is 34.8 Å². The molecule has 0 fully saturated rings. The Hall–Kier alpha value is -2.40. The van der Waals surface area contributed by atoms with Crippen LogP contribution in [0.2, 0.25) is 5.02 Å². The van der Waals surface area contributed by atoms with Crippen LogP contribution >= 0.6 is 23.5 Å². The molecule has 0 radical (unpaired) electrons. The molecule has 4 nitrogen and oxygen atoms in total. The summed E-state index contributed by atoms with van der Waals surface area (Å²) in [5.41, 5.74) is -2.49. The van der Waals surface area contributed by atoms with E-state index in [2.05, 4.69) is 4.40 Å². The largest absolute Gasteiger partial charge is 0.487 e. The molecule has 0 aromatic heterocycles. The lowest BCUT2D eigenvalue weighted by Gasteiger charge is -2.33. The molecule has 1 aliphatic rings. The van der Waals surface area contributed by atoms with Crippen LogP contribution in [0.3, 0.4) is 0 Å². The van der Waals surface area contributed by atoms with Gasteiger partial charge in [0.15, 0.2) is 17.4 Å². The molecule has 0 spiro atoms. The Bertz CT molecular complexity index is 1090. The highest BCUT2D eigenvalue weighted by Crippen LogP contribution is 2.50. The predicted octanol–water partition coefficient (Wildman–Crippen LogP) is 6.24. The molecule has 0 saturated carbocycles. The number of aryl methyl sites for hydroxylation is 1. The van der Waals surface area contributed by atoms with Gasteiger partial charge in [-0.1, -0.05) is 11.6 Å². The van der Waals surface area contributed by atoms with Crippen LogP contribution in [-0.2, 0) is 11.2 Å². The first kappa shape index (κ1) is 25.2. The minimum absolute atomic E-state index is 0.0277. The third kappa shape index (κ3) is 5.40. The van der Waals surface area contributed by atoms with Gasteiger partial charge in [-0.15, -0.1) is 0 Å². The van der Waals surface area contributed by atoms with E-state index < -0.39 is 52.6 Å². The molecule has 178 valence electrons. The highest BCUT2D eigenvalue weighted by molar-refractivity contribution is 7.99. The molecule has 1 N–H and O–H groups in total. The lowest BCUT2D eigenvalue weighted by molar-refractivity contribution is -0.144. The lowest BCUT2D eigenvalue weighted by Crippen LogP contribution is -2.47. The maximum Gasteiger partial charge on any atom is 0.403 e. The first-order valence-corrected chi connectivity index (χ1v) is 10.6. The first-order valence-electron chi connectivity index (χ1n) is 9.42. The summed E-state index contributed by atoms with van der Waals surface area (Å²) in [5.74, 6) is -5.41. The van der Waals surface area contributed by atoms with Crippen molar-refractivity contribution in [1.29, 1.82) is 0 Å². The fourth-order valence-corrected chi connectivity index (χ4v) is 4.63. The van der Waals surface area contributed by atoms with Crippen molar-refractivity contribution in [2.45, 2.75) is 31.2 Å². The number of alkyl halides is 3. The zero-order chi connectivity index (χ0) is 24.6. The van der Waals surface area contributed by atoms with E-state index in [-0.39, 0.29) is 46.7 Å². The second-order valence-corrected chi connectivity index (χ2v) is 8.88. The van der Waals surface area contributed by atoms with Gasteiger partial charge >= 0.3 is 12.1 Å². The van der Waals surface area contributed by atoms with Gasteiger partial charge < -0.3 is 9.84 Å². The summed E-state index contributed by atoms with van der Waals surface area (Å²) in [6.07, 6.45) is -5.30. The highest BCUT2D eigenvalue weighted by atomic mass is 35.5. The summed E-state index contributed by atoms with van der Waals surface area (Å²) in [6.45, 7) is 0.252. The average Bonchev–Trinajstić information content (AvgIpc) is 3.03. The molecule has 0 bridgehead atoms. The van der Waals surface area contributed by atoms with E-state index in [0.717, 1.165) is 25.1 Å². The van der Waals surface area contributed by atoms with Crippen LogP contribution in [0.5, 0.6) is 5.75 Å². The van der Waals surface area contributed by atoms with Gasteiger partial charge in [0.2, 0.25) is 0 Å². The third-order valence-corrected chi connectivity index (χ3v) is 6.58. The number of benzene rings is 2. The Balaban J connectivity index is 1.93. The fraction of sp³-hybridized carbons (Fsp3) is 0.333. The monoisotopic (exact) mass is 511 g/mol. The van der Waals surface area contributed by atoms with Gasteiger partial charge in [-0.2, -0.15) is 13.2 Å². The molecule has 2 atom stereocenters. The smallest absolute Gasteiger partial charge is 0.403 e. The minimum Gasteiger partial charge on any atom is -0.487 e. The van der Waals surface area contributed by atoms with Gasteiger partial charge in [-0.25, -0.2) is 17.6 Å². The Morgan fingerprint density at radius 3 is 2.36 bits per heavy atom. The first-order chi connectivity index (χ1) is 15.3. The van der Waals surface area contributed by atoms with Crippen molar-refractivity contribution in [3.63, 3.8) is 0 Å². The molecule has 1 aliphatic heterocycles. The molecule has 33 heavy (non-hydrogen) atoms. The van der Waals surface area contributed by atoms with E-state index in [4.69, 9.17) is 21.4 Å². The van der Waals surface area contributed by atoms with Gasteiger partial charge in [-0.3, -0.25) is 4.79 Å². The van der Waals surface area contributed by atoms with E-state index in [1.165, 1.54) is 12.1 Å². The molecule has 1 heterocycles. The maximum absolute atomic E-state index is 14.5. The predicted molar refractivity (Wildman–Crippen MR) is 111 cm³/mol. The van der Waals surface area contributed by atoms with Crippen molar-refractivity contribution < 1.29 is 41.0 Å². The van der Waals surface area contributed by atoms with E-state index in [1.54, 1.807) is 0 Å². The van der Waals surface area contributed by atoms with Crippen molar-refractivity contribution in [2.24, 2.45) is 9.81 Å². The Labute approximate surface area is 193 Å². The highest BCUT2D eigenvalue weighted by Gasteiger charge is 2.58.